The second-order valence-corrected chi connectivity index (χ2v) is 5.35. The summed E-state index contributed by atoms with van der Waals surface area (Å²) < 4.78 is 13.6. The van der Waals surface area contributed by atoms with E-state index in [9.17, 15) is 4.39 Å². The van der Waals surface area contributed by atoms with Gasteiger partial charge in [0.25, 0.3) is 0 Å². The number of halogens is 3. The Morgan fingerprint density at radius 2 is 2.00 bits per heavy atom. The molecule has 0 aliphatic carbocycles. The van der Waals surface area contributed by atoms with Gasteiger partial charge < -0.3 is 0 Å². The number of piperidine rings is 1. The van der Waals surface area contributed by atoms with Crippen LogP contribution in [0.2, 0.25) is 5.02 Å². The van der Waals surface area contributed by atoms with Gasteiger partial charge in [-0.25, -0.2) is 4.39 Å². The molecule has 0 radical (unpaired) electrons. The predicted octanol–water partition coefficient (Wildman–Crippen LogP) is 3.93. The summed E-state index contributed by atoms with van der Waals surface area (Å²) in [5, 5.41) is 0.451. The Morgan fingerprint density at radius 3 is 2.59 bits per heavy atom. The number of alkyl halides is 1. The van der Waals surface area contributed by atoms with E-state index in [0.29, 0.717) is 17.5 Å². The number of hydrogen-bond acceptors (Lipinski definition) is 1. The second-order valence-electron chi connectivity index (χ2n) is 4.61. The van der Waals surface area contributed by atoms with Crippen molar-refractivity contribution in [3.05, 3.63) is 34.6 Å². The summed E-state index contributed by atoms with van der Waals surface area (Å²) in [5.41, 5.74) is 0.721. The van der Waals surface area contributed by atoms with Crippen molar-refractivity contribution in [1.29, 1.82) is 0 Å². The summed E-state index contributed by atoms with van der Waals surface area (Å²) in [6, 6.07) is 4.89. The molecule has 0 bridgehead atoms. The molecule has 17 heavy (non-hydrogen) atoms. The number of nitrogens with zero attached hydrogens (tertiary/aromatic N) is 1. The molecule has 0 N–H and O–H groups in total. The van der Waals surface area contributed by atoms with Gasteiger partial charge >= 0.3 is 0 Å². The third-order valence-corrected chi connectivity index (χ3v) is 4.01. The molecule has 4 heteroatoms. The van der Waals surface area contributed by atoms with Crippen molar-refractivity contribution in [1.82, 2.24) is 4.90 Å². The van der Waals surface area contributed by atoms with Crippen LogP contribution in [-0.4, -0.2) is 23.9 Å². The molecule has 0 atom stereocenters. The van der Waals surface area contributed by atoms with Crippen LogP contribution in [0.5, 0.6) is 0 Å². The van der Waals surface area contributed by atoms with Crippen LogP contribution in [0.3, 0.4) is 0 Å². The van der Waals surface area contributed by atoms with Crippen molar-refractivity contribution in [3.8, 4) is 0 Å². The second kappa shape index (κ2) is 6.03. The summed E-state index contributed by atoms with van der Waals surface area (Å²) in [6.45, 7) is 2.66. The van der Waals surface area contributed by atoms with Crippen molar-refractivity contribution in [2.75, 3.05) is 19.0 Å². The number of rotatable bonds is 3. The van der Waals surface area contributed by atoms with Crippen molar-refractivity contribution >= 4 is 23.2 Å². The normalized spacial score (nSPS) is 18.5. The lowest BCUT2D eigenvalue weighted by atomic mass is 9.98. The van der Waals surface area contributed by atoms with Crippen LogP contribution in [0.25, 0.3) is 0 Å². The molecular weight excluding hydrogens is 260 g/mol. The molecule has 1 aromatic rings. The summed E-state index contributed by atoms with van der Waals surface area (Å²) in [6.07, 6.45) is 2.22. The Balaban J connectivity index is 1.93. The Morgan fingerprint density at radius 1 is 1.29 bits per heavy atom. The van der Waals surface area contributed by atoms with Crippen LogP contribution in [0.15, 0.2) is 18.2 Å². The van der Waals surface area contributed by atoms with Crippen LogP contribution in [0, 0.1) is 11.7 Å². The minimum Gasteiger partial charge on any atom is -0.299 e. The van der Waals surface area contributed by atoms with E-state index >= 15 is 0 Å². The van der Waals surface area contributed by atoms with Crippen LogP contribution in [-0.2, 0) is 6.54 Å². The van der Waals surface area contributed by atoms with Gasteiger partial charge in [0.05, 0.1) is 0 Å². The first-order valence-electron chi connectivity index (χ1n) is 5.91. The van der Waals surface area contributed by atoms with E-state index in [0.717, 1.165) is 37.4 Å². The van der Waals surface area contributed by atoms with E-state index in [4.69, 9.17) is 23.2 Å². The van der Waals surface area contributed by atoms with Crippen molar-refractivity contribution < 1.29 is 4.39 Å². The van der Waals surface area contributed by atoms with Crippen LogP contribution < -0.4 is 0 Å². The fourth-order valence-corrected chi connectivity index (χ4v) is 2.66. The molecule has 1 nitrogen and oxygen atoms in total. The maximum atomic E-state index is 13.6. The topological polar surface area (TPSA) is 3.24 Å². The zero-order valence-corrected chi connectivity index (χ0v) is 11.1. The highest BCUT2D eigenvalue weighted by Gasteiger charge is 2.19. The van der Waals surface area contributed by atoms with Gasteiger partial charge in [0, 0.05) is 23.0 Å². The fourth-order valence-electron chi connectivity index (χ4n) is 2.19. The Bertz CT molecular complexity index is 376. The summed E-state index contributed by atoms with van der Waals surface area (Å²) in [7, 11) is 0. The predicted molar refractivity (Wildman–Crippen MR) is 70.1 cm³/mol. The Labute approximate surface area is 112 Å². The van der Waals surface area contributed by atoms with E-state index in [-0.39, 0.29) is 5.82 Å². The van der Waals surface area contributed by atoms with Gasteiger partial charge in [-0.1, -0.05) is 17.7 Å². The van der Waals surface area contributed by atoms with Gasteiger partial charge in [0.15, 0.2) is 0 Å². The quantitative estimate of drug-likeness (QED) is 0.756. The zero-order valence-electron chi connectivity index (χ0n) is 9.63. The number of benzene rings is 1. The lowest BCUT2D eigenvalue weighted by Crippen LogP contribution is -2.33. The van der Waals surface area contributed by atoms with Gasteiger partial charge in [-0.3, -0.25) is 4.90 Å². The van der Waals surface area contributed by atoms with Crippen molar-refractivity contribution in [2.24, 2.45) is 5.92 Å². The minimum absolute atomic E-state index is 0.211. The SMILES string of the molecule is Fc1cc(Cl)ccc1CN1CCC(CCl)CC1. The molecular formula is C13H16Cl2FN. The van der Waals surface area contributed by atoms with Crippen LogP contribution in [0.4, 0.5) is 4.39 Å². The van der Waals surface area contributed by atoms with E-state index in [1.165, 1.54) is 6.07 Å². The molecule has 0 amide bonds. The molecule has 1 fully saturated rings. The Hall–Kier alpha value is -0.310. The van der Waals surface area contributed by atoms with Crippen molar-refractivity contribution in [2.45, 2.75) is 19.4 Å². The molecule has 1 aromatic carbocycles. The molecule has 0 spiro atoms. The zero-order chi connectivity index (χ0) is 12.3. The first-order chi connectivity index (χ1) is 8.19. The van der Waals surface area contributed by atoms with Gasteiger partial charge in [-0.15, -0.1) is 11.6 Å². The third-order valence-electron chi connectivity index (χ3n) is 3.33. The molecule has 1 aliphatic rings. The smallest absolute Gasteiger partial charge is 0.129 e. The highest BCUT2D eigenvalue weighted by Crippen LogP contribution is 2.21. The summed E-state index contributed by atoms with van der Waals surface area (Å²) >= 11 is 11.6. The molecule has 0 unspecified atom stereocenters. The van der Waals surface area contributed by atoms with E-state index in [1.807, 2.05) is 0 Å². The molecule has 0 saturated carbocycles. The van der Waals surface area contributed by atoms with Gasteiger partial charge in [-0.2, -0.15) is 0 Å². The Kier molecular flexibility index (Phi) is 4.66. The first kappa shape index (κ1) is 13.1. The third kappa shape index (κ3) is 3.57. The van der Waals surface area contributed by atoms with Crippen molar-refractivity contribution in [3.63, 3.8) is 0 Å². The average molecular weight is 276 g/mol. The average Bonchev–Trinajstić information content (AvgIpc) is 2.34. The molecule has 1 heterocycles. The van der Waals surface area contributed by atoms with Gasteiger partial charge in [0.2, 0.25) is 0 Å². The molecule has 1 aliphatic heterocycles. The first-order valence-corrected chi connectivity index (χ1v) is 6.82. The minimum atomic E-state index is -0.211. The van der Waals surface area contributed by atoms with Gasteiger partial charge in [0.1, 0.15) is 5.82 Å². The number of hydrogen-bond donors (Lipinski definition) is 0. The van der Waals surface area contributed by atoms with Crippen LogP contribution in [0.1, 0.15) is 18.4 Å². The monoisotopic (exact) mass is 275 g/mol. The molecule has 0 aromatic heterocycles. The molecule has 2 rings (SSSR count). The number of likely N-dealkylation sites (tertiary alicyclic amines) is 1. The standard InChI is InChI=1S/C13H16Cl2FN/c14-8-10-3-5-17(6-4-10)9-11-1-2-12(15)7-13(11)16/h1-2,7,10H,3-6,8-9H2. The lowest BCUT2D eigenvalue weighted by Gasteiger charge is -2.31. The summed E-state index contributed by atoms with van der Waals surface area (Å²) in [4.78, 5) is 2.27. The van der Waals surface area contributed by atoms with Gasteiger partial charge in [-0.05, 0) is 44.0 Å². The largest absolute Gasteiger partial charge is 0.299 e. The molecule has 94 valence electrons. The molecule has 1 saturated heterocycles. The van der Waals surface area contributed by atoms with E-state index < -0.39 is 0 Å². The summed E-state index contributed by atoms with van der Waals surface area (Å²) in [5.74, 6) is 1.16. The maximum Gasteiger partial charge on any atom is 0.129 e. The highest BCUT2D eigenvalue weighted by atomic mass is 35.5. The lowest BCUT2D eigenvalue weighted by molar-refractivity contribution is 0.184. The van der Waals surface area contributed by atoms with E-state index in [2.05, 4.69) is 4.90 Å². The van der Waals surface area contributed by atoms with E-state index in [1.54, 1.807) is 12.1 Å². The van der Waals surface area contributed by atoms with Crippen LogP contribution >= 0.6 is 23.2 Å². The fraction of sp³-hybridized carbons (Fsp3) is 0.538. The highest BCUT2D eigenvalue weighted by molar-refractivity contribution is 6.30. The maximum absolute atomic E-state index is 13.6.